The molecule has 0 fully saturated rings. The molecule has 21 heavy (non-hydrogen) atoms. The molecule has 4 nitrogen and oxygen atoms in total. The van der Waals surface area contributed by atoms with E-state index in [1.54, 1.807) is 18.2 Å². The number of ether oxygens (including phenoxy) is 2. The Morgan fingerprint density at radius 3 is 2.76 bits per heavy atom. The van der Waals surface area contributed by atoms with E-state index in [9.17, 15) is 9.50 Å². The molecule has 2 aromatic rings. The van der Waals surface area contributed by atoms with E-state index in [1.807, 2.05) is 19.1 Å². The molecule has 5 heteroatoms. The summed E-state index contributed by atoms with van der Waals surface area (Å²) in [5, 5.41) is 13.0. The van der Waals surface area contributed by atoms with Crippen LogP contribution in [-0.4, -0.2) is 18.5 Å². The Kier molecular flexibility index (Phi) is 3.43. The molecule has 0 radical (unpaired) electrons. The van der Waals surface area contributed by atoms with Crippen molar-refractivity contribution in [3.8, 4) is 11.5 Å². The molecular weight excluding hydrogens is 273 g/mol. The topological polar surface area (TPSA) is 50.7 Å². The molecule has 0 spiro atoms. The van der Waals surface area contributed by atoms with Gasteiger partial charge in [0.15, 0.2) is 11.5 Å². The van der Waals surface area contributed by atoms with Crippen LogP contribution in [0.2, 0.25) is 0 Å². The van der Waals surface area contributed by atoms with Crippen LogP contribution in [-0.2, 0) is 5.54 Å². The summed E-state index contributed by atoms with van der Waals surface area (Å²) in [4.78, 5) is 0. The Labute approximate surface area is 122 Å². The van der Waals surface area contributed by atoms with Gasteiger partial charge < -0.3 is 19.9 Å². The highest BCUT2D eigenvalue weighted by Gasteiger charge is 2.28. The van der Waals surface area contributed by atoms with Gasteiger partial charge in [0.2, 0.25) is 6.79 Å². The van der Waals surface area contributed by atoms with Gasteiger partial charge in [-0.25, -0.2) is 4.39 Å². The number of halogens is 1. The zero-order valence-electron chi connectivity index (χ0n) is 11.6. The van der Waals surface area contributed by atoms with Crippen LogP contribution in [0.15, 0.2) is 42.5 Å². The highest BCUT2D eigenvalue weighted by molar-refractivity contribution is 5.51. The van der Waals surface area contributed by atoms with Gasteiger partial charge in [-0.1, -0.05) is 12.1 Å². The van der Waals surface area contributed by atoms with E-state index >= 15 is 0 Å². The Balaban J connectivity index is 1.92. The van der Waals surface area contributed by atoms with Gasteiger partial charge in [0.1, 0.15) is 5.82 Å². The van der Waals surface area contributed by atoms with E-state index in [1.165, 1.54) is 12.1 Å². The first-order valence-electron chi connectivity index (χ1n) is 6.65. The molecule has 2 N–H and O–H groups in total. The van der Waals surface area contributed by atoms with E-state index in [4.69, 9.17) is 9.47 Å². The second kappa shape index (κ2) is 5.26. The van der Waals surface area contributed by atoms with Crippen molar-refractivity contribution in [2.24, 2.45) is 0 Å². The summed E-state index contributed by atoms with van der Waals surface area (Å²) in [6, 6.07) is 11.6. The Morgan fingerprint density at radius 1 is 1.19 bits per heavy atom. The fourth-order valence-corrected chi connectivity index (χ4v) is 2.33. The first-order chi connectivity index (χ1) is 10.1. The highest BCUT2D eigenvalue weighted by Crippen LogP contribution is 2.36. The van der Waals surface area contributed by atoms with E-state index in [-0.39, 0.29) is 19.2 Å². The third-order valence-electron chi connectivity index (χ3n) is 3.57. The average Bonchev–Trinajstić information content (AvgIpc) is 2.94. The van der Waals surface area contributed by atoms with Crippen molar-refractivity contribution < 1.29 is 19.0 Å². The van der Waals surface area contributed by atoms with Crippen LogP contribution in [0.1, 0.15) is 12.5 Å². The molecule has 0 amide bonds. The molecular formula is C16H16FNO3. The molecule has 0 aliphatic carbocycles. The number of nitrogens with one attached hydrogen (secondary N) is 1. The molecule has 1 heterocycles. The average molecular weight is 289 g/mol. The van der Waals surface area contributed by atoms with Gasteiger partial charge in [0.25, 0.3) is 0 Å². The fourth-order valence-electron chi connectivity index (χ4n) is 2.33. The van der Waals surface area contributed by atoms with Crippen molar-refractivity contribution in [2.75, 3.05) is 18.7 Å². The van der Waals surface area contributed by atoms with Gasteiger partial charge in [0, 0.05) is 5.69 Å². The van der Waals surface area contributed by atoms with E-state index in [2.05, 4.69) is 5.32 Å². The van der Waals surface area contributed by atoms with Gasteiger partial charge >= 0.3 is 0 Å². The summed E-state index contributed by atoms with van der Waals surface area (Å²) in [7, 11) is 0. The molecule has 110 valence electrons. The Bertz CT molecular complexity index is 662. The number of aliphatic hydroxyl groups excluding tert-OH is 1. The summed E-state index contributed by atoms with van der Waals surface area (Å²) < 4.78 is 23.9. The lowest BCUT2D eigenvalue weighted by Gasteiger charge is -2.30. The molecule has 1 unspecified atom stereocenters. The first-order valence-corrected chi connectivity index (χ1v) is 6.65. The van der Waals surface area contributed by atoms with Gasteiger partial charge in [-0.05, 0) is 42.8 Å². The van der Waals surface area contributed by atoms with Crippen LogP contribution in [0.25, 0.3) is 0 Å². The van der Waals surface area contributed by atoms with Gasteiger partial charge in [0.05, 0.1) is 12.1 Å². The van der Waals surface area contributed by atoms with Crippen LogP contribution in [0.4, 0.5) is 10.1 Å². The number of rotatable bonds is 4. The standard InChI is InChI=1S/C16H16FNO3/c1-16(9-19,18-13-4-2-3-12(17)8-13)11-5-6-14-15(7-11)21-10-20-14/h2-8,18-19H,9-10H2,1H3. The van der Waals surface area contributed by atoms with Crippen LogP contribution in [0.5, 0.6) is 11.5 Å². The summed E-state index contributed by atoms with van der Waals surface area (Å²) in [5.41, 5.74) is 0.678. The van der Waals surface area contributed by atoms with Crippen molar-refractivity contribution in [1.29, 1.82) is 0 Å². The zero-order valence-corrected chi connectivity index (χ0v) is 11.6. The van der Waals surface area contributed by atoms with Gasteiger partial charge in [-0.2, -0.15) is 0 Å². The maximum absolute atomic E-state index is 13.3. The van der Waals surface area contributed by atoms with Crippen molar-refractivity contribution in [1.82, 2.24) is 0 Å². The Hall–Kier alpha value is -2.27. The van der Waals surface area contributed by atoms with Crippen molar-refractivity contribution in [3.63, 3.8) is 0 Å². The number of fused-ring (bicyclic) bond motifs is 1. The smallest absolute Gasteiger partial charge is 0.231 e. The van der Waals surface area contributed by atoms with Crippen LogP contribution in [0.3, 0.4) is 0 Å². The van der Waals surface area contributed by atoms with Gasteiger partial charge in [-0.3, -0.25) is 0 Å². The predicted molar refractivity (Wildman–Crippen MR) is 77.0 cm³/mol. The number of anilines is 1. The SMILES string of the molecule is CC(CO)(Nc1cccc(F)c1)c1ccc2c(c1)OCO2. The lowest BCUT2D eigenvalue weighted by molar-refractivity contribution is 0.173. The van der Waals surface area contributed by atoms with Crippen LogP contribution in [0, 0.1) is 5.82 Å². The van der Waals surface area contributed by atoms with Gasteiger partial charge in [-0.15, -0.1) is 0 Å². The number of benzene rings is 2. The van der Waals surface area contributed by atoms with E-state index in [0.29, 0.717) is 17.2 Å². The van der Waals surface area contributed by atoms with E-state index < -0.39 is 5.54 Å². The minimum atomic E-state index is -0.755. The fraction of sp³-hybridized carbons (Fsp3) is 0.250. The number of aliphatic hydroxyl groups is 1. The summed E-state index contributed by atoms with van der Waals surface area (Å²) in [5.74, 6) is 1.00. The normalized spacial score (nSPS) is 15.6. The minimum absolute atomic E-state index is 0.150. The highest BCUT2D eigenvalue weighted by atomic mass is 19.1. The molecule has 1 atom stereocenters. The quantitative estimate of drug-likeness (QED) is 0.908. The lowest BCUT2D eigenvalue weighted by Crippen LogP contribution is -2.35. The van der Waals surface area contributed by atoms with Crippen molar-refractivity contribution in [2.45, 2.75) is 12.5 Å². The maximum Gasteiger partial charge on any atom is 0.231 e. The second-order valence-electron chi connectivity index (χ2n) is 5.19. The molecule has 1 aliphatic rings. The number of hydrogen-bond acceptors (Lipinski definition) is 4. The second-order valence-corrected chi connectivity index (χ2v) is 5.19. The molecule has 3 rings (SSSR count). The molecule has 0 saturated heterocycles. The number of hydrogen-bond donors (Lipinski definition) is 2. The van der Waals surface area contributed by atoms with E-state index in [0.717, 1.165) is 5.56 Å². The third kappa shape index (κ3) is 2.64. The maximum atomic E-state index is 13.3. The zero-order chi connectivity index (χ0) is 14.9. The summed E-state index contributed by atoms with van der Waals surface area (Å²) in [6.07, 6.45) is 0. The molecule has 2 aromatic carbocycles. The monoisotopic (exact) mass is 289 g/mol. The largest absolute Gasteiger partial charge is 0.454 e. The first kappa shape index (κ1) is 13.7. The van der Waals surface area contributed by atoms with Crippen LogP contribution >= 0.6 is 0 Å². The summed E-state index contributed by atoms with van der Waals surface area (Å²) >= 11 is 0. The molecule has 0 saturated carbocycles. The predicted octanol–water partition coefficient (Wildman–Crippen LogP) is 2.87. The van der Waals surface area contributed by atoms with Crippen molar-refractivity contribution >= 4 is 5.69 Å². The Morgan fingerprint density at radius 2 is 2.00 bits per heavy atom. The summed E-state index contributed by atoms with van der Waals surface area (Å²) in [6.45, 7) is 1.89. The van der Waals surface area contributed by atoms with Crippen molar-refractivity contribution in [3.05, 3.63) is 53.8 Å². The molecule has 0 bridgehead atoms. The lowest BCUT2D eigenvalue weighted by atomic mass is 9.92. The molecule has 1 aliphatic heterocycles. The third-order valence-corrected chi connectivity index (χ3v) is 3.57. The van der Waals surface area contributed by atoms with Crippen LogP contribution < -0.4 is 14.8 Å². The minimum Gasteiger partial charge on any atom is -0.454 e. The molecule has 0 aromatic heterocycles.